The van der Waals surface area contributed by atoms with Crippen molar-refractivity contribution in [1.82, 2.24) is 5.43 Å². The predicted molar refractivity (Wildman–Crippen MR) is 79.3 cm³/mol. The van der Waals surface area contributed by atoms with Gasteiger partial charge in [-0.05, 0) is 48.8 Å². The van der Waals surface area contributed by atoms with Crippen molar-refractivity contribution in [1.29, 1.82) is 0 Å². The Morgan fingerprint density at radius 1 is 1.45 bits per heavy atom. The Balaban J connectivity index is 2.74. The van der Waals surface area contributed by atoms with E-state index in [4.69, 9.17) is 9.47 Å². The number of ether oxygens (including phenoxy) is 2. The first-order valence-corrected chi connectivity index (χ1v) is 6.61. The van der Waals surface area contributed by atoms with Gasteiger partial charge in [0.2, 0.25) is 0 Å². The number of amides is 1. The number of halogens is 1. The van der Waals surface area contributed by atoms with E-state index in [9.17, 15) is 9.90 Å². The molecule has 0 unspecified atom stereocenters. The molecule has 0 fully saturated rings. The summed E-state index contributed by atoms with van der Waals surface area (Å²) < 4.78 is 10.6. The minimum atomic E-state index is -0.643. The smallest absolute Gasteiger partial charge is 0.428 e. The first kappa shape index (κ1) is 16.3. The zero-order chi connectivity index (χ0) is 15.3. The average Bonchev–Trinajstić information content (AvgIpc) is 2.29. The highest BCUT2D eigenvalue weighted by Gasteiger charge is 2.15. The van der Waals surface area contributed by atoms with Gasteiger partial charge in [-0.25, -0.2) is 10.2 Å². The van der Waals surface area contributed by atoms with Gasteiger partial charge in [-0.2, -0.15) is 5.10 Å². The number of carbonyl (C=O) groups is 1. The van der Waals surface area contributed by atoms with Gasteiger partial charge in [-0.3, -0.25) is 0 Å². The van der Waals surface area contributed by atoms with E-state index >= 15 is 0 Å². The second kappa shape index (κ2) is 6.60. The van der Waals surface area contributed by atoms with Gasteiger partial charge < -0.3 is 14.6 Å². The number of nitrogens with one attached hydrogen (secondary N) is 1. The molecule has 0 spiro atoms. The maximum absolute atomic E-state index is 11.4. The molecule has 0 aliphatic rings. The number of rotatable bonds is 3. The number of aromatic hydroxyl groups is 1. The maximum atomic E-state index is 11.4. The molecule has 1 amide bonds. The standard InChI is InChI=1S/C13H17BrN2O4/c1-13(2,3)20-12(18)16-15-7-8-5-11(19-4)10(17)6-9(8)14/h5-7,17H,1-4H3,(H,16,18)/b15-7-. The lowest BCUT2D eigenvalue weighted by Gasteiger charge is -2.18. The van der Waals surface area contributed by atoms with Crippen LogP contribution in [0.3, 0.4) is 0 Å². The fourth-order valence-corrected chi connectivity index (χ4v) is 1.71. The lowest BCUT2D eigenvalue weighted by Crippen LogP contribution is -2.29. The monoisotopic (exact) mass is 344 g/mol. The Bertz CT molecular complexity index is 524. The topological polar surface area (TPSA) is 80.2 Å². The molecular weight excluding hydrogens is 328 g/mol. The summed E-state index contributed by atoms with van der Waals surface area (Å²) in [4.78, 5) is 11.4. The van der Waals surface area contributed by atoms with Gasteiger partial charge >= 0.3 is 6.09 Å². The molecule has 0 aliphatic heterocycles. The van der Waals surface area contributed by atoms with Crippen LogP contribution in [0.1, 0.15) is 26.3 Å². The van der Waals surface area contributed by atoms with Crippen molar-refractivity contribution in [3.05, 3.63) is 22.2 Å². The SMILES string of the molecule is COc1cc(/C=N\NC(=O)OC(C)(C)C)c(Br)cc1O. The molecule has 0 heterocycles. The number of phenols is 1. The number of benzene rings is 1. The molecule has 0 saturated heterocycles. The first-order chi connectivity index (χ1) is 9.23. The van der Waals surface area contributed by atoms with Gasteiger partial charge in [0.1, 0.15) is 5.60 Å². The lowest BCUT2D eigenvalue weighted by molar-refractivity contribution is 0.0529. The Labute approximate surface area is 125 Å². The van der Waals surface area contributed by atoms with Gasteiger partial charge in [-0.1, -0.05) is 0 Å². The first-order valence-electron chi connectivity index (χ1n) is 5.81. The summed E-state index contributed by atoms with van der Waals surface area (Å²) in [5.74, 6) is 0.323. The van der Waals surface area contributed by atoms with E-state index in [0.717, 1.165) is 0 Å². The second-order valence-electron chi connectivity index (χ2n) is 4.92. The molecular formula is C13H17BrN2O4. The third-order valence-corrected chi connectivity index (χ3v) is 2.74. The average molecular weight is 345 g/mol. The van der Waals surface area contributed by atoms with Crippen LogP contribution in [-0.4, -0.2) is 30.1 Å². The van der Waals surface area contributed by atoms with Crippen LogP contribution in [0, 0.1) is 0 Å². The molecule has 0 atom stereocenters. The highest BCUT2D eigenvalue weighted by atomic mass is 79.9. The molecule has 7 heteroatoms. The molecule has 1 aromatic rings. The van der Waals surface area contributed by atoms with Crippen molar-refractivity contribution < 1.29 is 19.4 Å². The Morgan fingerprint density at radius 3 is 2.65 bits per heavy atom. The van der Waals surface area contributed by atoms with Gasteiger partial charge in [0, 0.05) is 10.0 Å². The molecule has 0 aromatic heterocycles. The number of hydrazone groups is 1. The highest BCUT2D eigenvalue weighted by Crippen LogP contribution is 2.31. The fraction of sp³-hybridized carbons (Fsp3) is 0.385. The van der Waals surface area contributed by atoms with E-state index in [1.165, 1.54) is 19.4 Å². The van der Waals surface area contributed by atoms with Gasteiger partial charge in [0.05, 0.1) is 13.3 Å². The molecule has 0 saturated carbocycles. The molecule has 0 radical (unpaired) electrons. The van der Waals surface area contributed by atoms with Crippen LogP contribution in [0.25, 0.3) is 0 Å². The molecule has 0 bridgehead atoms. The molecule has 6 nitrogen and oxygen atoms in total. The quantitative estimate of drug-likeness (QED) is 0.652. The van der Waals surface area contributed by atoms with Crippen LogP contribution in [0.5, 0.6) is 11.5 Å². The van der Waals surface area contributed by atoms with Crippen molar-refractivity contribution in [2.45, 2.75) is 26.4 Å². The summed E-state index contributed by atoms with van der Waals surface area (Å²) in [5.41, 5.74) is 2.30. The van der Waals surface area contributed by atoms with E-state index in [1.54, 1.807) is 26.8 Å². The minimum absolute atomic E-state index is 0.0108. The maximum Gasteiger partial charge on any atom is 0.428 e. The van der Waals surface area contributed by atoms with Crippen molar-refractivity contribution >= 4 is 28.2 Å². The highest BCUT2D eigenvalue weighted by molar-refractivity contribution is 9.10. The number of methoxy groups -OCH3 is 1. The number of hydrogen-bond acceptors (Lipinski definition) is 5. The summed E-state index contributed by atoms with van der Waals surface area (Å²) >= 11 is 3.28. The third kappa shape index (κ3) is 5.08. The van der Waals surface area contributed by atoms with E-state index in [2.05, 4.69) is 26.5 Å². The van der Waals surface area contributed by atoms with Crippen LogP contribution < -0.4 is 10.2 Å². The normalized spacial score (nSPS) is 11.4. The van der Waals surface area contributed by atoms with Crippen LogP contribution >= 0.6 is 15.9 Å². The largest absolute Gasteiger partial charge is 0.504 e. The fourth-order valence-electron chi connectivity index (χ4n) is 1.28. The van der Waals surface area contributed by atoms with Crippen LogP contribution in [0.2, 0.25) is 0 Å². The Hall–Kier alpha value is -1.76. The van der Waals surface area contributed by atoms with E-state index < -0.39 is 11.7 Å². The van der Waals surface area contributed by atoms with Crippen molar-refractivity contribution in [3.8, 4) is 11.5 Å². The van der Waals surface area contributed by atoms with E-state index in [0.29, 0.717) is 15.8 Å². The molecule has 1 aromatic carbocycles. The van der Waals surface area contributed by atoms with Crippen molar-refractivity contribution in [3.63, 3.8) is 0 Å². The molecule has 20 heavy (non-hydrogen) atoms. The summed E-state index contributed by atoms with van der Waals surface area (Å²) in [5, 5.41) is 13.3. The van der Waals surface area contributed by atoms with Crippen LogP contribution in [-0.2, 0) is 4.74 Å². The van der Waals surface area contributed by atoms with Gasteiger partial charge in [0.15, 0.2) is 11.5 Å². The van der Waals surface area contributed by atoms with Gasteiger partial charge in [-0.15, -0.1) is 0 Å². The van der Waals surface area contributed by atoms with E-state index in [1.807, 2.05) is 0 Å². The van der Waals surface area contributed by atoms with E-state index in [-0.39, 0.29) is 5.75 Å². The summed E-state index contributed by atoms with van der Waals surface area (Å²) in [6.07, 6.45) is 0.770. The van der Waals surface area contributed by atoms with Crippen LogP contribution in [0.15, 0.2) is 21.7 Å². The van der Waals surface area contributed by atoms with Crippen LogP contribution in [0.4, 0.5) is 4.79 Å². The predicted octanol–water partition coefficient (Wildman–Crippen LogP) is 3.02. The van der Waals surface area contributed by atoms with Crippen molar-refractivity contribution in [2.24, 2.45) is 5.10 Å². The number of hydrogen-bond donors (Lipinski definition) is 2. The number of phenolic OH excluding ortho intramolecular Hbond substituents is 1. The Kier molecular flexibility index (Phi) is 5.38. The number of carbonyl (C=O) groups excluding carboxylic acids is 1. The van der Waals surface area contributed by atoms with Gasteiger partial charge in [0.25, 0.3) is 0 Å². The number of nitrogens with zero attached hydrogens (tertiary/aromatic N) is 1. The zero-order valence-electron chi connectivity index (χ0n) is 11.7. The van der Waals surface area contributed by atoms with Crippen molar-refractivity contribution in [2.75, 3.05) is 7.11 Å². The summed E-state index contributed by atoms with van der Waals surface area (Å²) in [6.45, 7) is 5.28. The summed E-state index contributed by atoms with van der Waals surface area (Å²) in [7, 11) is 1.45. The molecule has 0 aliphatic carbocycles. The summed E-state index contributed by atoms with van der Waals surface area (Å²) in [6, 6.07) is 3.06. The second-order valence-corrected chi connectivity index (χ2v) is 5.77. The zero-order valence-corrected chi connectivity index (χ0v) is 13.3. The lowest BCUT2D eigenvalue weighted by atomic mass is 10.2. The Morgan fingerprint density at radius 2 is 2.10 bits per heavy atom. The molecule has 110 valence electrons. The minimum Gasteiger partial charge on any atom is -0.504 e. The molecule has 2 N–H and O–H groups in total. The molecule has 1 rings (SSSR count). The third-order valence-electron chi connectivity index (χ3n) is 2.06.